The van der Waals surface area contributed by atoms with E-state index >= 15 is 0 Å². The van der Waals surface area contributed by atoms with E-state index < -0.39 is 9.84 Å². The van der Waals surface area contributed by atoms with E-state index in [4.69, 9.17) is 0 Å². The van der Waals surface area contributed by atoms with Gasteiger partial charge in [-0.2, -0.15) is 0 Å². The number of sulfone groups is 1. The lowest BCUT2D eigenvalue weighted by Crippen LogP contribution is -2.35. The van der Waals surface area contributed by atoms with Crippen molar-refractivity contribution >= 4 is 9.84 Å². The molecule has 0 bridgehead atoms. The first-order valence-corrected chi connectivity index (χ1v) is 10.1. The first-order valence-electron chi connectivity index (χ1n) is 8.27. The Morgan fingerprint density at radius 1 is 1.12 bits per heavy atom. The van der Waals surface area contributed by atoms with Gasteiger partial charge in [-0.1, -0.05) is 49.4 Å². The Hall–Kier alpha value is -1.72. The maximum atomic E-state index is 13.9. The zero-order valence-electron chi connectivity index (χ0n) is 13.8. The van der Waals surface area contributed by atoms with Crippen molar-refractivity contribution < 1.29 is 12.8 Å². The molecule has 0 aliphatic carbocycles. The van der Waals surface area contributed by atoms with Gasteiger partial charge in [0.25, 0.3) is 0 Å². The van der Waals surface area contributed by atoms with Gasteiger partial charge < -0.3 is 0 Å². The van der Waals surface area contributed by atoms with Crippen LogP contribution in [0.2, 0.25) is 0 Å². The maximum Gasteiger partial charge on any atom is 0.151 e. The molecule has 1 atom stereocenters. The lowest BCUT2D eigenvalue weighted by Gasteiger charge is -2.26. The van der Waals surface area contributed by atoms with Crippen molar-refractivity contribution in [3.05, 3.63) is 59.9 Å². The minimum atomic E-state index is -2.87. The first-order chi connectivity index (χ1) is 11.5. The number of nitrogens with zero attached hydrogens (tertiary/aromatic N) is 1. The molecule has 5 heteroatoms. The van der Waals surface area contributed by atoms with Crippen LogP contribution in [-0.4, -0.2) is 37.4 Å². The van der Waals surface area contributed by atoms with Crippen molar-refractivity contribution in [2.24, 2.45) is 0 Å². The molecule has 128 valence electrons. The van der Waals surface area contributed by atoms with Gasteiger partial charge in [-0.3, -0.25) is 4.90 Å². The fourth-order valence-electron chi connectivity index (χ4n) is 3.28. The van der Waals surface area contributed by atoms with Gasteiger partial charge in [-0.25, -0.2) is 12.8 Å². The molecule has 1 fully saturated rings. The summed E-state index contributed by atoms with van der Waals surface area (Å²) < 4.78 is 37.2. The van der Waals surface area contributed by atoms with Crippen molar-refractivity contribution in [3.8, 4) is 11.1 Å². The minimum absolute atomic E-state index is 0.103. The van der Waals surface area contributed by atoms with Crippen LogP contribution >= 0.6 is 0 Å². The van der Waals surface area contributed by atoms with Crippen molar-refractivity contribution in [1.29, 1.82) is 0 Å². The summed E-state index contributed by atoms with van der Waals surface area (Å²) in [6.07, 6.45) is 0.712. The average Bonchev–Trinajstić information content (AvgIpc) is 2.93. The van der Waals surface area contributed by atoms with Crippen molar-refractivity contribution in [3.63, 3.8) is 0 Å². The van der Waals surface area contributed by atoms with Crippen LogP contribution in [0.5, 0.6) is 0 Å². The number of hydrogen-bond acceptors (Lipinski definition) is 3. The molecule has 0 saturated carbocycles. The highest BCUT2D eigenvalue weighted by atomic mass is 32.2. The van der Waals surface area contributed by atoms with Gasteiger partial charge in [0.05, 0.1) is 11.5 Å². The largest absolute Gasteiger partial charge is 0.295 e. The van der Waals surface area contributed by atoms with Gasteiger partial charge in [0.1, 0.15) is 5.82 Å². The molecule has 1 saturated heterocycles. The molecule has 1 aliphatic heterocycles. The predicted molar refractivity (Wildman–Crippen MR) is 95.0 cm³/mol. The smallest absolute Gasteiger partial charge is 0.151 e. The summed E-state index contributed by atoms with van der Waals surface area (Å²) >= 11 is 0. The van der Waals surface area contributed by atoms with Crippen molar-refractivity contribution in [2.75, 3.05) is 18.1 Å². The van der Waals surface area contributed by atoms with Crippen LogP contribution in [0.15, 0.2) is 48.5 Å². The molecule has 2 aromatic carbocycles. The van der Waals surface area contributed by atoms with E-state index in [0.29, 0.717) is 24.3 Å². The molecule has 0 radical (unpaired) electrons. The quantitative estimate of drug-likeness (QED) is 0.831. The van der Waals surface area contributed by atoms with Crippen molar-refractivity contribution in [1.82, 2.24) is 4.90 Å². The lowest BCUT2D eigenvalue weighted by atomic mass is 10.0. The summed E-state index contributed by atoms with van der Waals surface area (Å²) in [5, 5.41) is 0. The molecule has 2 aromatic rings. The van der Waals surface area contributed by atoms with E-state index in [2.05, 4.69) is 11.8 Å². The SMILES string of the molecule is CCN(Cc1ccc(-c2ccccc2F)cc1)C1CCS(=O)(=O)C1. The number of halogens is 1. The Kier molecular flexibility index (Phi) is 5.01. The van der Waals surface area contributed by atoms with Crippen LogP contribution in [0.25, 0.3) is 11.1 Å². The Bertz CT molecular complexity index is 802. The van der Waals surface area contributed by atoms with Gasteiger partial charge in [0.2, 0.25) is 0 Å². The molecule has 0 N–H and O–H groups in total. The minimum Gasteiger partial charge on any atom is -0.295 e. The van der Waals surface area contributed by atoms with Crippen LogP contribution < -0.4 is 0 Å². The third-order valence-corrected chi connectivity index (χ3v) is 6.41. The number of rotatable bonds is 5. The van der Waals surface area contributed by atoms with Gasteiger partial charge in [0, 0.05) is 18.2 Å². The fourth-order valence-corrected chi connectivity index (χ4v) is 5.04. The van der Waals surface area contributed by atoms with Gasteiger partial charge >= 0.3 is 0 Å². The summed E-state index contributed by atoms with van der Waals surface area (Å²) in [6, 6.07) is 14.7. The molecular weight excluding hydrogens is 325 g/mol. The molecular formula is C19H22FNO2S. The second kappa shape index (κ2) is 7.03. The zero-order chi connectivity index (χ0) is 17.2. The monoisotopic (exact) mass is 347 g/mol. The molecule has 0 amide bonds. The Labute approximate surface area is 143 Å². The molecule has 1 heterocycles. The van der Waals surface area contributed by atoms with Gasteiger partial charge in [0.15, 0.2) is 9.84 Å². The molecule has 0 spiro atoms. The normalized spacial score (nSPS) is 19.7. The van der Waals surface area contributed by atoms with E-state index in [1.54, 1.807) is 12.1 Å². The summed E-state index contributed by atoms with van der Waals surface area (Å²) in [4.78, 5) is 2.21. The van der Waals surface area contributed by atoms with E-state index in [9.17, 15) is 12.8 Å². The highest BCUT2D eigenvalue weighted by Crippen LogP contribution is 2.24. The van der Waals surface area contributed by atoms with Crippen LogP contribution in [0.1, 0.15) is 18.9 Å². The summed E-state index contributed by atoms with van der Waals surface area (Å²) in [5.41, 5.74) is 2.56. The summed E-state index contributed by atoms with van der Waals surface area (Å²) in [6.45, 7) is 3.59. The Morgan fingerprint density at radius 3 is 2.42 bits per heavy atom. The number of benzene rings is 2. The standard InChI is InChI=1S/C19H22FNO2S/c1-2-21(17-11-12-24(22,23)14-17)13-15-7-9-16(10-8-15)18-5-3-4-6-19(18)20/h3-10,17H,2,11-14H2,1H3. The first kappa shape index (κ1) is 17.1. The third kappa shape index (κ3) is 3.84. The molecule has 1 unspecified atom stereocenters. The zero-order valence-corrected chi connectivity index (χ0v) is 14.6. The van der Waals surface area contributed by atoms with Gasteiger partial charge in [-0.05, 0) is 30.2 Å². The fraction of sp³-hybridized carbons (Fsp3) is 0.368. The van der Waals surface area contributed by atoms with E-state index in [0.717, 1.165) is 17.7 Å². The highest BCUT2D eigenvalue weighted by Gasteiger charge is 2.31. The molecule has 1 aliphatic rings. The number of hydrogen-bond donors (Lipinski definition) is 0. The predicted octanol–water partition coefficient (Wildman–Crippen LogP) is 3.50. The van der Waals surface area contributed by atoms with Crippen molar-refractivity contribution in [2.45, 2.75) is 25.9 Å². The highest BCUT2D eigenvalue weighted by molar-refractivity contribution is 7.91. The summed E-state index contributed by atoms with van der Waals surface area (Å²) in [7, 11) is -2.87. The van der Waals surface area contributed by atoms with E-state index in [1.165, 1.54) is 6.07 Å². The third-order valence-electron chi connectivity index (χ3n) is 4.66. The summed E-state index contributed by atoms with van der Waals surface area (Å²) in [5.74, 6) is 0.325. The maximum absolute atomic E-state index is 13.9. The Morgan fingerprint density at radius 2 is 1.83 bits per heavy atom. The van der Waals surface area contributed by atoms with Gasteiger partial charge in [-0.15, -0.1) is 0 Å². The molecule has 3 nitrogen and oxygen atoms in total. The topological polar surface area (TPSA) is 37.4 Å². The molecule has 3 rings (SSSR count). The van der Waals surface area contributed by atoms with Crippen LogP contribution in [-0.2, 0) is 16.4 Å². The second-order valence-corrected chi connectivity index (χ2v) is 8.53. The average molecular weight is 347 g/mol. The van der Waals surface area contributed by atoms with Crippen LogP contribution in [0, 0.1) is 5.82 Å². The molecule has 24 heavy (non-hydrogen) atoms. The van der Waals surface area contributed by atoms with E-state index in [1.807, 2.05) is 30.3 Å². The second-order valence-electron chi connectivity index (χ2n) is 6.30. The lowest BCUT2D eigenvalue weighted by molar-refractivity contribution is 0.215. The Balaban J connectivity index is 1.73. The van der Waals surface area contributed by atoms with Crippen LogP contribution in [0.3, 0.4) is 0 Å². The van der Waals surface area contributed by atoms with Crippen LogP contribution in [0.4, 0.5) is 4.39 Å². The van der Waals surface area contributed by atoms with E-state index in [-0.39, 0.29) is 17.6 Å². The molecule has 0 aromatic heterocycles.